The molecule has 1 N–H and O–H groups in total. The summed E-state index contributed by atoms with van der Waals surface area (Å²) < 4.78 is 31.5. The normalized spacial score (nSPS) is 11.7. The monoisotopic (exact) mass is 317 g/mol. The van der Waals surface area contributed by atoms with Crippen LogP contribution in [0.25, 0.3) is 6.08 Å². The van der Waals surface area contributed by atoms with Gasteiger partial charge in [0.25, 0.3) is 0 Å². The fourth-order valence-electron chi connectivity index (χ4n) is 1.82. The summed E-state index contributed by atoms with van der Waals surface area (Å²) in [6.45, 7) is 2.26. The molecule has 116 valence electrons. The first kappa shape index (κ1) is 16.3. The molecule has 4 nitrogen and oxygen atoms in total. The molecule has 0 heterocycles. The molecule has 0 aliphatic carbocycles. The number of sulfonamides is 1. The van der Waals surface area contributed by atoms with Gasteiger partial charge in [-0.2, -0.15) is 0 Å². The van der Waals surface area contributed by atoms with E-state index in [9.17, 15) is 8.42 Å². The summed E-state index contributed by atoms with van der Waals surface area (Å²) in [7, 11) is -1.88. The topological polar surface area (TPSA) is 55.4 Å². The minimum Gasteiger partial charge on any atom is -0.497 e. The van der Waals surface area contributed by atoms with Crippen molar-refractivity contribution in [2.24, 2.45) is 0 Å². The van der Waals surface area contributed by atoms with Gasteiger partial charge in [-0.3, -0.25) is 0 Å². The van der Waals surface area contributed by atoms with Gasteiger partial charge in [0.2, 0.25) is 10.0 Å². The fourth-order valence-corrected chi connectivity index (χ4v) is 2.62. The lowest BCUT2D eigenvalue weighted by Gasteiger charge is -2.04. The van der Waals surface area contributed by atoms with E-state index in [-0.39, 0.29) is 6.54 Å². The van der Waals surface area contributed by atoms with Gasteiger partial charge in [-0.15, -0.1) is 0 Å². The second-order valence-electron chi connectivity index (χ2n) is 4.93. The lowest BCUT2D eigenvalue weighted by Crippen LogP contribution is -2.20. The third-order valence-corrected chi connectivity index (χ3v) is 4.19. The van der Waals surface area contributed by atoms with E-state index < -0.39 is 10.0 Å². The van der Waals surface area contributed by atoms with Gasteiger partial charge in [-0.05, 0) is 36.3 Å². The summed E-state index contributed by atoms with van der Waals surface area (Å²) in [5.41, 5.74) is 2.86. The molecule has 0 amide bonds. The average molecular weight is 317 g/mol. The summed E-state index contributed by atoms with van der Waals surface area (Å²) >= 11 is 0. The third-order valence-electron chi connectivity index (χ3n) is 3.15. The molecule has 0 spiro atoms. The molecule has 0 aliphatic rings. The van der Waals surface area contributed by atoms with E-state index in [2.05, 4.69) is 4.72 Å². The Balaban J connectivity index is 1.97. The standard InChI is InChI=1S/C17H19NO3S/c1-14-3-5-16(6-4-14)13-18-22(19,20)12-11-15-7-9-17(21-2)10-8-15/h3-12,18H,13H2,1-2H3/b12-11+. The van der Waals surface area contributed by atoms with E-state index in [4.69, 9.17) is 4.74 Å². The van der Waals surface area contributed by atoms with Crippen molar-refractivity contribution in [3.8, 4) is 5.75 Å². The molecule has 0 saturated carbocycles. The summed E-state index contributed by atoms with van der Waals surface area (Å²) in [5.74, 6) is 0.734. The lowest BCUT2D eigenvalue weighted by molar-refractivity contribution is 0.415. The number of hydrogen-bond donors (Lipinski definition) is 1. The molecule has 0 aliphatic heterocycles. The van der Waals surface area contributed by atoms with Crippen molar-refractivity contribution in [1.82, 2.24) is 4.72 Å². The molecule has 0 atom stereocenters. The Bertz CT molecular complexity index is 732. The van der Waals surface area contributed by atoms with Gasteiger partial charge < -0.3 is 4.74 Å². The van der Waals surface area contributed by atoms with Crippen molar-refractivity contribution in [3.63, 3.8) is 0 Å². The number of benzene rings is 2. The first-order valence-electron chi connectivity index (χ1n) is 6.86. The first-order chi connectivity index (χ1) is 10.5. The largest absolute Gasteiger partial charge is 0.497 e. The van der Waals surface area contributed by atoms with Crippen LogP contribution < -0.4 is 9.46 Å². The van der Waals surface area contributed by atoms with Crippen LogP contribution in [-0.4, -0.2) is 15.5 Å². The molecule has 2 rings (SSSR count). The van der Waals surface area contributed by atoms with Crippen molar-refractivity contribution in [3.05, 3.63) is 70.6 Å². The van der Waals surface area contributed by atoms with Crippen molar-refractivity contribution in [1.29, 1.82) is 0 Å². The lowest BCUT2D eigenvalue weighted by atomic mass is 10.2. The first-order valence-corrected chi connectivity index (χ1v) is 8.40. The second kappa shape index (κ2) is 7.24. The molecule has 0 fully saturated rings. The minimum absolute atomic E-state index is 0.273. The van der Waals surface area contributed by atoms with Crippen LogP contribution in [0.3, 0.4) is 0 Å². The second-order valence-corrected chi connectivity index (χ2v) is 6.58. The zero-order valence-electron chi connectivity index (χ0n) is 12.6. The van der Waals surface area contributed by atoms with E-state index in [1.807, 2.05) is 31.2 Å². The molecule has 0 saturated heterocycles. The van der Waals surface area contributed by atoms with Crippen LogP contribution >= 0.6 is 0 Å². The van der Waals surface area contributed by atoms with E-state index >= 15 is 0 Å². The molecule has 2 aromatic carbocycles. The molecule has 0 bridgehead atoms. The van der Waals surface area contributed by atoms with E-state index in [1.165, 1.54) is 5.41 Å². The van der Waals surface area contributed by atoms with Gasteiger partial charge in [0.1, 0.15) is 5.75 Å². The van der Waals surface area contributed by atoms with Gasteiger partial charge in [-0.1, -0.05) is 42.0 Å². The van der Waals surface area contributed by atoms with Gasteiger partial charge >= 0.3 is 0 Å². The maximum Gasteiger partial charge on any atom is 0.234 e. The quantitative estimate of drug-likeness (QED) is 0.891. The highest BCUT2D eigenvalue weighted by Crippen LogP contribution is 2.12. The molecule has 5 heteroatoms. The predicted molar refractivity (Wildman–Crippen MR) is 89.0 cm³/mol. The highest BCUT2D eigenvalue weighted by molar-refractivity contribution is 7.92. The van der Waals surface area contributed by atoms with E-state index in [0.717, 1.165) is 22.4 Å². The molecular weight excluding hydrogens is 298 g/mol. The fraction of sp³-hybridized carbons (Fsp3) is 0.176. The molecular formula is C17H19NO3S. The number of methoxy groups -OCH3 is 1. The maximum absolute atomic E-state index is 11.9. The van der Waals surface area contributed by atoms with Crippen molar-refractivity contribution >= 4 is 16.1 Å². The van der Waals surface area contributed by atoms with Gasteiger partial charge in [-0.25, -0.2) is 13.1 Å². The Morgan fingerprint density at radius 2 is 1.68 bits per heavy atom. The molecule has 22 heavy (non-hydrogen) atoms. The number of aryl methyl sites for hydroxylation is 1. The summed E-state index contributed by atoms with van der Waals surface area (Å²) in [5, 5.41) is 1.17. The average Bonchev–Trinajstić information content (AvgIpc) is 2.53. The summed E-state index contributed by atoms with van der Waals surface area (Å²) in [6, 6.07) is 14.9. The number of nitrogens with one attached hydrogen (secondary N) is 1. The molecule has 2 aromatic rings. The smallest absolute Gasteiger partial charge is 0.234 e. The Morgan fingerprint density at radius 3 is 2.27 bits per heavy atom. The van der Waals surface area contributed by atoms with Crippen molar-refractivity contribution in [2.75, 3.05) is 7.11 Å². The minimum atomic E-state index is -3.47. The zero-order valence-corrected chi connectivity index (χ0v) is 13.4. The van der Waals surface area contributed by atoms with Crippen LogP contribution in [0.2, 0.25) is 0 Å². The summed E-state index contributed by atoms with van der Waals surface area (Å²) in [6.07, 6.45) is 1.55. The van der Waals surface area contributed by atoms with Crippen LogP contribution in [0, 0.1) is 6.92 Å². The Kier molecular flexibility index (Phi) is 5.35. The van der Waals surface area contributed by atoms with Crippen LogP contribution in [0.5, 0.6) is 5.75 Å². The van der Waals surface area contributed by atoms with Crippen LogP contribution in [0.15, 0.2) is 53.9 Å². The molecule has 0 unspecified atom stereocenters. The Labute approximate surface area is 131 Å². The van der Waals surface area contributed by atoms with E-state index in [1.54, 1.807) is 37.5 Å². The maximum atomic E-state index is 11.9. The van der Waals surface area contributed by atoms with E-state index in [0.29, 0.717) is 0 Å². The molecule has 0 aromatic heterocycles. The van der Waals surface area contributed by atoms with Crippen molar-refractivity contribution in [2.45, 2.75) is 13.5 Å². The summed E-state index contributed by atoms with van der Waals surface area (Å²) in [4.78, 5) is 0. The highest BCUT2D eigenvalue weighted by atomic mass is 32.2. The zero-order chi connectivity index (χ0) is 16.0. The SMILES string of the molecule is COc1ccc(/C=C/S(=O)(=O)NCc2ccc(C)cc2)cc1. The predicted octanol–water partition coefficient (Wildman–Crippen LogP) is 3.09. The van der Waals surface area contributed by atoms with Gasteiger partial charge in [0, 0.05) is 12.0 Å². The van der Waals surface area contributed by atoms with Crippen LogP contribution in [0.4, 0.5) is 0 Å². The number of rotatable bonds is 6. The molecule has 0 radical (unpaired) electrons. The Hall–Kier alpha value is -2.11. The number of hydrogen-bond acceptors (Lipinski definition) is 3. The van der Waals surface area contributed by atoms with Crippen molar-refractivity contribution < 1.29 is 13.2 Å². The van der Waals surface area contributed by atoms with Crippen LogP contribution in [-0.2, 0) is 16.6 Å². The third kappa shape index (κ3) is 5.02. The van der Waals surface area contributed by atoms with Gasteiger partial charge in [0.05, 0.1) is 7.11 Å². The van der Waals surface area contributed by atoms with Crippen LogP contribution in [0.1, 0.15) is 16.7 Å². The highest BCUT2D eigenvalue weighted by Gasteiger charge is 2.04. The Morgan fingerprint density at radius 1 is 1.05 bits per heavy atom. The van der Waals surface area contributed by atoms with Gasteiger partial charge in [0.15, 0.2) is 0 Å². The number of ether oxygens (including phenoxy) is 1.